The Morgan fingerprint density at radius 3 is 2.47 bits per heavy atom. The second kappa shape index (κ2) is 4.54. The van der Waals surface area contributed by atoms with E-state index in [4.69, 9.17) is 11.6 Å². The van der Waals surface area contributed by atoms with Crippen LogP contribution >= 0.6 is 34.2 Å². The van der Waals surface area contributed by atoms with Crippen molar-refractivity contribution < 1.29 is 0 Å². The molecule has 0 heterocycles. The van der Waals surface area contributed by atoms with Gasteiger partial charge >= 0.3 is 0 Å². The van der Waals surface area contributed by atoms with Crippen LogP contribution in [0.1, 0.15) is 5.56 Å². The second-order valence-electron chi connectivity index (χ2n) is 3.53. The maximum Gasteiger partial charge on any atom is 0.0412 e. The fourth-order valence-corrected chi connectivity index (χ4v) is 2.59. The van der Waals surface area contributed by atoms with Crippen molar-refractivity contribution in [1.29, 1.82) is 0 Å². The van der Waals surface area contributed by atoms with E-state index in [2.05, 4.69) is 53.8 Å². The molecule has 0 aromatic heterocycles. The van der Waals surface area contributed by atoms with Gasteiger partial charge in [0.05, 0.1) is 0 Å². The van der Waals surface area contributed by atoms with Gasteiger partial charge < -0.3 is 0 Å². The highest BCUT2D eigenvalue weighted by Gasteiger charge is 2.00. The van der Waals surface area contributed by atoms with Gasteiger partial charge in [-0.15, -0.1) is 0 Å². The molecule has 0 saturated carbocycles. The molecule has 2 aromatic rings. The van der Waals surface area contributed by atoms with Crippen LogP contribution in [0.5, 0.6) is 0 Å². The Balaban J connectivity index is 2.54. The maximum atomic E-state index is 5.97. The van der Waals surface area contributed by atoms with Crippen molar-refractivity contribution in [3.05, 3.63) is 56.6 Å². The van der Waals surface area contributed by atoms with Gasteiger partial charge in [0.1, 0.15) is 0 Å². The molecule has 0 N–H and O–H groups in total. The first-order chi connectivity index (χ1) is 7.15. The smallest absolute Gasteiger partial charge is 0.0412 e. The Hall–Kier alpha value is -0.540. The first-order valence-corrected chi connectivity index (χ1v) is 6.14. The highest BCUT2D eigenvalue weighted by atomic mass is 127. The minimum Gasteiger partial charge on any atom is -0.0843 e. The van der Waals surface area contributed by atoms with E-state index in [1.165, 1.54) is 20.3 Å². The highest BCUT2D eigenvalue weighted by Crippen LogP contribution is 2.25. The highest BCUT2D eigenvalue weighted by molar-refractivity contribution is 14.1. The summed E-state index contributed by atoms with van der Waals surface area (Å²) in [5, 5.41) is 0.781. The molecule has 0 saturated heterocycles. The summed E-state index contributed by atoms with van der Waals surface area (Å²) < 4.78 is 1.25. The van der Waals surface area contributed by atoms with E-state index in [0.717, 1.165) is 5.02 Å². The Morgan fingerprint density at radius 2 is 1.80 bits per heavy atom. The number of aryl methyl sites for hydroxylation is 1. The summed E-state index contributed by atoms with van der Waals surface area (Å²) in [4.78, 5) is 0. The van der Waals surface area contributed by atoms with Gasteiger partial charge in [0, 0.05) is 8.59 Å². The average Bonchev–Trinajstić information content (AvgIpc) is 2.16. The Morgan fingerprint density at radius 1 is 1.00 bits per heavy atom. The molecule has 2 aromatic carbocycles. The minimum atomic E-state index is 0.781. The molecule has 0 radical (unpaired) electrons. The van der Waals surface area contributed by atoms with Crippen LogP contribution in [0.3, 0.4) is 0 Å². The third-order valence-corrected chi connectivity index (χ3v) is 3.06. The normalized spacial score (nSPS) is 10.3. The maximum absolute atomic E-state index is 5.97. The van der Waals surface area contributed by atoms with E-state index in [9.17, 15) is 0 Å². The zero-order chi connectivity index (χ0) is 10.8. The van der Waals surface area contributed by atoms with Gasteiger partial charge in [0.15, 0.2) is 0 Å². The second-order valence-corrected chi connectivity index (χ2v) is 5.21. The van der Waals surface area contributed by atoms with Gasteiger partial charge in [0.2, 0.25) is 0 Å². The minimum absolute atomic E-state index is 0.781. The van der Waals surface area contributed by atoms with E-state index >= 15 is 0 Å². The number of rotatable bonds is 1. The lowest BCUT2D eigenvalue weighted by molar-refractivity contribution is 1.44. The Bertz CT molecular complexity index is 471. The average molecular weight is 329 g/mol. The summed E-state index contributed by atoms with van der Waals surface area (Å²) in [5.74, 6) is 0. The number of hydrogen-bond donors (Lipinski definition) is 0. The van der Waals surface area contributed by atoms with Gasteiger partial charge in [-0.25, -0.2) is 0 Å². The molecule has 15 heavy (non-hydrogen) atoms. The van der Waals surface area contributed by atoms with Crippen LogP contribution in [-0.2, 0) is 0 Å². The summed E-state index contributed by atoms with van der Waals surface area (Å²) in [7, 11) is 0. The largest absolute Gasteiger partial charge is 0.0843 e. The van der Waals surface area contributed by atoms with E-state index in [1.807, 2.05) is 18.2 Å². The molecule has 0 aliphatic heterocycles. The fourth-order valence-electron chi connectivity index (χ4n) is 1.57. The quantitative estimate of drug-likeness (QED) is 0.652. The summed E-state index contributed by atoms with van der Waals surface area (Å²) >= 11 is 8.31. The first-order valence-electron chi connectivity index (χ1n) is 4.68. The zero-order valence-electron chi connectivity index (χ0n) is 8.30. The van der Waals surface area contributed by atoms with E-state index < -0.39 is 0 Å². The SMILES string of the molecule is Cc1cc(I)cc(-c2cccc(Cl)c2)c1. The predicted molar refractivity (Wildman–Crippen MR) is 74.3 cm³/mol. The number of halogens is 2. The van der Waals surface area contributed by atoms with Crippen molar-refractivity contribution in [1.82, 2.24) is 0 Å². The molecule has 0 fully saturated rings. The van der Waals surface area contributed by atoms with Crippen molar-refractivity contribution in [2.75, 3.05) is 0 Å². The van der Waals surface area contributed by atoms with E-state index in [-0.39, 0.29) is 0 Å². The monoisotopic (exact) mass is 328 g/mol. The molecule has 0 bridgehead atoms. The standard InChI is InChI=1S/C13H10ClI/c1-9-5-11(8-13(15)6-9)10-3-2-4-12(14)7-10/h2-8H,1H3. The third kappa shape index (κ3) is 2.73. The lowest BCUT2D eigenvalue weighted by Gasteiger charge is -2.04. The van der Waals surface area contributed by atoms with E-state index in [1.54, 1.807) is 0 Å². The summed E-state index contributed by atoms with van der Waals surface area (Å²) in [6, 6.07) is 14.4. The number of benzene rings is 2. The predicted octanol–water partition coefficient (Wildman–Crippen LogP) is 4.92. The zero-order valence-corrected chi connectivity index (χ0v) is 11.2. The summed E-state index contributed by atoms with van der Waals surface area (Å²) in [5.41, 5.74) is 3.67. The molecule has 0 aliphatic carbocycles. The lowest BCUT2D eigenvalue weighted by Crippen LogP contribution is -1.82. The van der Waals surface area contributed by atoms with Gasteiger partial charge in [-0.1, -0.05) is 29.8 Å². The summed E-state index contributed by atoms with van der Waals surface area (Å²) in [6.45, 7) is 2.11. The lowest BCUT2D eigenvalue weighted by atomic mass is 10.0. The number of hydrogen-bond acceptors (Lipinski definition) is 0. The third-order valence-electron chi connectivity index (χ3n) is 2.20. The molecular weight excluding hydrogens is 318 g/mol. The molecule has 0 nitrogen and oxygen atoms in total. The molecule has 2 heteroatoms. The van der Waals surface area contributed by atoms with Crippen molar-refractivity contribution in [2.24, 2.45) is 0 Å². The van der Waals surface area contributed by atoms with Crippen molar-refractivity contribution in [3.63, 3.8) is 0 Å². The fraction of sp³-hybridized carbons (Fsp3) is 0.0769. The van der Waals surface area contributed by atoms with Gasteiger partial charge in [-0.3, -0.25) is 0 Å². The van der Waals surface area contributed by atoms with Crippen LogP contribution < -0.4 is 0 Å². The van der Waals surface area contributed by atoms with Gasteiger partial charge in [0.25, 0.3) is 0 Å². The van der Waals surface area contributed by atoms with Gasteiger partial charge in [-0.05, 0) is 70.5 Å². The Kier molecular flexibility index (Phi) is 3.32. The topological polar surface area (TPSA) is 0 Å². The van der Waals surface area contributed by atoms with Crippen LogP contribution in [-0.4, -0.2) is 0 Å². The molecule has 0 spiro atoms. The molecule has 0 amide bonds. The van der Waals surface area contributed by atoms with Crippen molar-refractivity contribution in [3.8, 4) is 11.1 Å². The molecule has 76 valence electrons. The van der Waals surface area contributed by atoms with Crippen LogP contribution in [0, 0.1) is 10.5 Å². The van der Waals surface area contributed by atoms with Crippen LogP contribution in [0.2, 0.25) is 5.02 Å². The van der Waals surface area contributed by atoms with Gasteiger partial charge in [-0.2, -0.15) is 0 Å². The molecular formula is C13H10ClI. The Labute approximate surface area is 108 Å². The first kappa shape index (κ1) is 11.0. The van der Waals surface area contributed by atoms with Crippen LogP contribution in [0.4, 0.5) is 0 Å². The van der Waals surface area contributed by atoms with Crippen LogP contribution in [0.15, 0.2) is 42.5 Å². The van der Waals surface area contributed by atoms with Crippen molar-refractivity contribution >= 4 is 34.2 Å². The van der Waals surface area contributed by atoms with Crippen molar-refractivity contribution in [2.45, 2.75) is 6.92 Å². The molecule has 0 unspecified atom stereocenters. The molecule has 0 aliphatic rings. The van der Waals surface area contributed by atoms with E-state index in [0.29, 0.717) is 0 Å². The summed E-state index contributed by atoms with van der Waals surface area (Å²) in [6.07, 6.45) is 0. The molecule has 2 rings (SSSR count). The van der Waals surface area contributed by atoms with Crippen LogP contribution in [0.25, 0.3) is 11.1 Å². The molecule has 0 atom stereocenters.